The Labute approximate surface area is 273 Å². The second-order valence-corrected chi connectivity index (χ2v) is 13.0. The first-order chi connectivity index (χ1) is 21.2. The van der Waals surface area contributed by atoms with Gasteiger partial charge in [0.1, 0.15) is 0 Å². The van der Waals surface area contributed by atoms with E-state index in [0.717, 1.165) is 38.5 Å². The van der Waals surface area contributed by atoms with E-state index in [9.17, 15) is 0 Å². The molecule has 0 aromatic carbocycles. The molecule has 1 rings (SSSR count). The molecule has 1 aliphatic rings. The summed E-state index contributed by atoms with van der Waals surface area (Å²) in [4.78, 5) is 10.6. The van der Waals surface area contributed by atoms with Gasteiger partial charge in [-0.15, -0.1) is 0 Å². The molecule has 4 unspecified atom stereocenters. The fourth-order valence-electron chi connectivity index (χ4n) is 6.66. The molecule has 3 heteroatoms. The van der Waals surface area contributed by atoms with Crippen LogP contribution >= 0.6 is 0 Å². The van der Waals surface area contributed by atoms with E-state index in [1.807, 2.05) is 14.0 Å². The van der Waals surface area contributed by atoms with Crippen LogP contribution in [0.2, 0.25) is 0 Å². The zero-order valence-corrected chi connectivity index (χ0v) is 29.9. The van der Waals surface area contributed by atoms with Crippen LogP contribution in [-0.2, 0) is 0 Å². The van der Waals surface area contributed by atoms with E-state index < -0.39 is 0 Å². The molecule has 244 valence electrons. The van der Waals surface area contributed by atoms with Crippen molar-refractivity contribution in [1.29, 1.82) is 0 Å². The molecule has 0 heterocycles. The summed E-state index contributed by atoms with van der Waals surface area (Å²) in [5.74, 6) is 8.87. The minimum atomic E-state index is -0.0325. The number of hydrogen-bond acceptors (Lipinski definition) is 1. The number of aliphatic imine (C=N–C) groups is 2. The van der Waals surface area contributed by atoms with Crippen LogP contribution in [-0.4, -0.2) is 37.7 Å². The van der Waals surface area contributed by atoms with Gasteiger partial charge < -0.3 is 4.90 Å². The molecule has 0 saturated heterocycles. The fourth-order valence-corrected chi connectivity index (χ4v) is 6.66. The van der Waals surface area contributed by atoms with Crippen molar-refractivity contribution >= 4 is 12.7 Å². The Morgan fingerprint density at radius 1 is 1.07 bits per heavy atom. The largest absolute Gasteiger partial charge is 0.330 e. The molecule has 0 aromatic rings. The maximum absolute atomic E-state index is 4.37. The molecular weight excluding hydrogens is 534 g/mol. The van der Waals surface area contributed by atoms with Gasteiger partial charge >= 0.3 is 0 Å². The Bertz CT molecular complexity index is 1100. The molecule has 0 spiro atoms. The molecule has 4 atom stereocenters. The van der Waals surface area contributed by atoms with Gasteiger partial charge in [-0.3, -0.25) is 4.99 Å². The van der Waals surface area contributed by atoms with E-state index in [-0.39, 0.29) is 17.4 Å². The first-order valence-corrected chi connectivity index (χ1v) is 17.2. The second-order valence-electron chi connectivity index (χ2n) is 13.0. The fraction of sp³-hybridized carbons (Fsp3) is 0.610. The van der Waals surface area contributed by atoms with Crippen molar-refractivity contribution in [3.8, 4) is 11.8 Å². The van der Waals surface area contributed by atoms with E-state index in [4.69, 9.17) is 0 Å². The van der Waals surface area contributed by atoms with Crippen LogP contribution in [0.1, 0.15) is 119 Å². The van der Waals surface area contributed by atoms with Gasteiger partial charge in [0.15, 0.2) is 0 Å². The topological polar surface area (TPSA) is 28.0 Å². The van der Waals surface area contributed by atoms with Gasteiger partial charge in [0.05, 0.1) is 6.04 Å². The van der Waals surface area contributed by atoms with Crippen LogP contribution in [0, 0.1) is 35.0 Å². The van der Waals surface area contributed by atoms with Crippen molar-refractivity contribution in [2.45, 2.75) is 125 Å². The Morgan fingerprint density at radius 3 is 2.45 bits per heavy atom. The molecule has 0 saturated carbocycles. The minimum absolute atomic E-state index is 0.0325. The van der Waals surface area contributed by atoms with Crippen LogP contribution in [0.25, 0.3) is 0 Å². The molecular formula is C41H65N3. The van der Waals surface area contributed by atoms with Gasteiger partial charge in [0.2, 0.25) is 5.96 Å². The lowest BCUT2D eigenvalue weighted by Crippen LogP contribution is -2.40. The molecule has 44 heavy (non-hydrogen) atoms. The van der Waals surface area contributed by atoms with Gasteiger partial charge in [-0.2, -0.15) is 0 Å². The van der Waals surface area contributed by atoms with Crippen molar-refractivity contribution in [2.24, 2.45) is 33.2 Å². The average molecular weight is 600 g/mol. The summed E-state index contributed by atoms with van der Waals surface area (Å²) in [5, 5.41) is 0. The Balaban J connectivity index is 3.07. The van der Waals surface area contributed by atoms with E-state index >= 15 is 0 Å². The van der Waals surface area contributed by atoms with E-state index in [1.165, 1.54) is 32.1 Å². The molecule has 0 bridgehead atoms. The average Bonchev–Trinajstić information content (AvgIpc) is 2.97. The first kappa shape index (κ1) is 39.2. The van der Waals surface area contributed by atoms with Crippen LogP contribution in [0.5, 0.6) is 0 Å². The predicted molar refractivity (Wildman–Crippen MR) is 198 cm³/mol. The van der Waals surface area contributed by atoms with Gasteiger partial charge in [0.25, 0.3) is 0 Å². The zero-order chi connectivity index (χ0) is 32.8. The molecule has 0 N–H and O–H groups in total. The van der Waals surface area contributed by atoms with Gasteiger partial charge in [-0.05, 0) is 102 Å². The maximum Gasteiger partial charge on any atom is 0.220 e. The third-order valence-electron chi connectivity index (χ3n) is 8.85. The maximum atomic E-state index is 4.37. The number of hydrogen-bond donors (Lipinski definition) is 0. The van der Waals surface area contributed by atoms with Crippen molar-refractivity contribution < 1.29 is 0 Å². The van der Waals surface area contributed by atoms with Crippen molar-refractivity contribution in [3.05, 3.63) is 71.9 Å². The molecule has 0 aliphatic heterocycles. The quantitative estimate of drug-likeness (QED) is 0.0750. The lowest BCUT2D eigenvalue weighted by atomic mass is 9.72. The van der Waals surface area contributed by atoms with Gasteiger partial charge in [-0.25, -0.2) is 4.99 Å². The van der Waals surface area contributed by atoms with Crippen molar-refractivity contribution in [2.75, 3.05) is 14.1 Å². The number of allylic oxidation sites excluding steroid dienone is 11. The summed E-state index contributed by atoms with van der Waals surface area (Å²) in [6, 6.07) is -0.0325. The van der Waals surface area contributed by atoms with E-state index in [0.29, 0.717) is 17.8 Å². The molecule has 1 aliphatic carbocycles. The Kier molecular flexibility index (Phi) is 20.1. The minimum Gasteiger partial charge on any atom is -0.330 e. The second kappa shape index (κ2) is 22.6. The highest BCUT2D eigenvalue weighted by Crippen LogP contribution is 2.41. The van der Waals surface area contributed by atoms with E-state index in [2.05, 4.69) is 136 Å². The van der Waals surface area contributed by atoms with Crippen LogP contribution in [0.4, 0.5) is 0 Å². The summed E-state index contributed by atoms with van der Waals surface area (Å²) in [6.07, 6.45) is 35.3. The molecule has 0 aromatic heterocycles. The van der Waals surface area contributed by atoms with Gasteiger partial charge in [0, 0.05) is 26.4 Å². The summed E-state index contributed by atoms with van der Waals surface area (Å²) >= 11 is 0. The lowest BCUT2D eigenvalue weighted by molar-refractivity contribution is 0.319. The van der Waals surface area contributed by atoms with E-state index in [1.54, 1.807) is 18.2 Å². The standard InChI is InChI=1S/C41H65N3/c1-11-15-17-22-31-39(44(10)40(42-8)43-9)37(25-13-3)32-35(27-16-12-2)28-24-23-26-34(5)33-41(6,7)38-30-21-19-18-20-29-36(38)14-4/h11,13,15-16,19,21,23-25,27,34-35,37,39H,8,12,14,17-18,20,26,28-30,32-33H2,1-7,9-10H3/b15-11-,21-19-,24-23-,25-13?,27-16+,38-36+,43-40?. The van der Waals surface area contributed by atoms with Crippen LogP contribution in [0.3, 0.4) is 0 Å². The molecule has 0 radical (unpaired) electrons. The third-order valence-corrected chi connectivity index (χ3v) is 8.85. The smallest absolute Gasteiger partial charge is 0.220 e. The zero-order valence-electron chi connectivity index (χ0n) is 29.9. The monoisotopic (exact) mass is 600 g/mol. The molecule has 3 nitrogen and oxygen atoms in total. The number of guanidine groups is 1. The van der Waals surface area contributed by atoms with Crippen molar-refractivity contribution in [1.82, 2.24) is 4.90 Å². The number of nitrogens with zero attached hydrogens (tertiary/aromatic N) is 3. The summed E-state index contributed by atoms with van der Waals surface area (Å²) in [7, 11) is 3.80. The normalized spacial score (nSPS) is 20.3. The summed E-state index contributed by atoms with van der Waals surface area (Å²) < 4.78 is 0. The summed E-state index contributed by atoms with van der Waals surface area (Å²) in [5.41, 5.74) is 3.64. The molecule has 0 fully saturated rings. The number of rotatable bonds is 16. The highest BCUT2D eigenvalue weighted by Gasteiger charge is 2.28. The highest BCUT2D eigenvalue weighted by atomic mass is 15.3. The van der Waals surface area contributed by atoms with Crippen molar-refractivity contribution in [3.63, 3.8) is 0 Å². The highest BCUT2D eigenvalue weighted by molar-refractivity contribution is 5.84. The predicted octanol–water partition coefficient (Wildman–Crippen LogP) is 11.3. The third kappa shape index (κ3) is 14.3. The first-order valence-electron chi connectivity index (χ1n) is 17.2. The van der Waals surface area contributed by atoms with Crippen LogP contribution in [0.15, 0.2) is 81.9 Å². The molecule has 0 amide bonds. The van der Waals surface area contributed by atoms with Crippen LogP contribution < -0.4 is 0 Å². The summed E-state index contributed by atoms with van der Waals surface area (Å²) in [6.45, 7) is 19.8. The Hall–Kier alpha value is -2.86. The Morgan fingerprint density at radius 2 is 1.82 bits per heavy atom. The van der Waals surface area contributed by atoms with Gasteiger partial charge in [-0.1, -0.05) is 118 Å². The lowest BCUT2D eigenvalue weighted by Gasteiger charge is -2.33. The SMILES string of the molecule is C=NC(=NC)N(C)C(C#CC/C=C\C)C(C=CC)CC(/C=C/CC)C/C=C\CC(C)CC(C)(C)/C1=C(\CC)CCC/C=C\C1.